The molecule has 1 N–H and O–H groups in total. The average molecular weight is 423 g/mol. The normalized spacial score (nSPS) is 25.1. The summed E-state index contributed by atoms with van der Waals surface area (Å²) in [5, 5.41) is 2.89. The number of carbonyl (C=O) groups is 1. The van der Waals surface area contributed by atoms with Crippen LogP contribution in [-0.2, 0) is 14.8 Å². The van der Waals surface area contributed by atoms with Gasteiger partial charge in [-0.1, -0.05) is 13.3 Å². The minimum atomic E-state index is -3.53. The van der Waals surface area contributed by atoms with Gasteiger partial charge in [-0.15, -0.1) is 0 Å². The molecule has 2 aliphatic heterocycles. The lowest BCUT2D eigenvalue weighted by Gasteiger charge is -2.37. The third-order valence-electron chi connectivity index (χ3n) is 6.11. The number of piperidine rings is 1. The van der Waals surface area contributed by atoms with Crippen molar-refractivity contribution in [3.05, 3.63) is 24.3 Å². The van der Waals surface area contributed by atoms with Crippen LogP contribution in [0.15, 0.2) is 29.2 Å². The lowest BCUT2D eigenvalue weighted by molar-refractivity contribution is -0.117. The van der Waals surface area contributed by atoms with Crippen molar-refractivity contribution in [2.24, 2.45) is 0 Å². The molecule has 0 spiro atoms. The van der Waals surface area contributed by atoms with E-state index < -0.39 is 10.0 Å². The molecule has 2 aliphatic rings. The molecule has 1 aromatic rings. The van der Waals surface area contributed by atoms with Gasteiger partial charge >= 0.3 is 0 Å². The second-order valence-corrected chi connectivity index (χ2v) is 10.1. The molecule has 2 saturated heterocycles. The van der Waals surface area contributed by atoms with Gasteiger partial charge in [0.05, 0.1) is 11.4 Å². The molecule has 2 heterocycles. The van der Waals surface area contributed by atoms with E-state index in [1.165, 1.54) is 0 Å². The first-order chi connectivity index (χ1) is 13.8. The summed E-state index contributed by atoms with van der Waals surface area (Å²) in [6.45, 7) is 11.3. The van der Waals surface area contributed by atoms with Gasteiger partial charge in [-0.3, -0.25) is 9.69 Å². The Morgan fingerprint density at radius 3 is 2.10 bits per heavy atom. The number of anilines is 1. The van der Waals surface area contributed by atoms with Crippen LogP contribution in [0.4, 0.5) is 5.69 Å². The molecule has 2 fully saturated rings. The van der Waals surface area contributed by atoms with E-state index in [0.717, 1.165) is 52.0 Å². The van der Waals surface area contributed by atoms with Gasteiger partial charge in [0.15, 0.2) is 0 Å². The van der Waals surface area contributed by atoms with Gasteiger partial charge in [-0.2, -0.15) is 4.31 Å². The summed E-state index contributed by atoms with van der Waals surface area (Å²) in [5.41, 5.74) is 0.626. The van der Waals surface area contributed by atoms with Crippen LogP contribution < -0.4 is 5.32 Å². The van der Waals surface area contributed by atoms with E-state index in [-0.39, 0.29) is 22.9 Å². The van der Waals surface area contributed by atoms with E-state index in [9.17, 15) is 13.2 Å². The molecule has 29 heavy (non-hydrogen) atoms. The number of nitrogens with zero attached hydrogens (tertiary/aromatic N) is 3. The Morgan fingerprint density at radius 1 is 1.00 bits per heavy atom. The molecule has 0 bridgehead atoms. The first kappa shape index (κ1) is 22.2. The first-order valence-electron chi connectivity index (χ1n) is 10.7. The molecule has 7 nitrogen and oxygen atoms in total. The highest BCUT2D eigenvalue weighted by Crippen LogP contribution is 2.29. The van der Waals surface area contributed by atoms with Crippen LogP contribution in [0.5, 0.6) is 0 Å². The fraction of sp³-hybridized carbons (Fsp3) is 0.667. The van der Waals surface area contributed by atoms with E-state index in [4.69, 9.17) is 0 Å². The standard InChI is InChI=1S/C21H34N4O3S/c1-4-23-12-14-24(15-13-23)16-21(26)22-19-8-10-20(11-9-19)29(27,28)25-17(2)6-5-7-18(25)3/h8-11,17-18H,4-7,12-16H2,1-3H3,(H,22,26)/t17-,18+. The molecular weight excluding hydrogens is 388 g/mol. The summed E-state index contributed by atoms with van der Waals surface area (Å²) in [4.78, 5) is 17.2. The van der Waals surface area contributed by atoms with E-state index >= 15 is 0 Å². The number of nitrogens with one attached hydrogen (secondary N) is 1. The quantitative estimate of drug-likeness (QED) is 0.761. The third-order valence-corrected chi connectivity index (χ3v) is 8.25. The molecule has 0 aliphatic carbocycles. The highest BCUT2D eigenvalue weighted by atomic mass is 32.2. The molecule has 1 aromatic carbocycles. The number of piperazine rings is 1. The Morgan fingerprint density at radius 2 is 1.55 bits per heavy atom. The number of benzene rings is 1. The molecular formula is C21H34N4O3S. The third kappa shape index (κ3) is 5.36. The first-order valence-corrected chi connectivity index (χ1v) is 12.1. The summed E-state index contributed by atoms with van der Waals surface area (Å²) in [6.07, 6.45) is 2.85. The Hall–Kier alpha value is -1.48. The Labute approximate surface area is 175 Å². The second-order valence-electron chi connectivity index (χ2n) is 8.25. The van der Waals surface area contributed by atoms with Crippen molar-refractivity contribution in [3.63, 3.8) is 0 Å². The zero-order chi connectivity index (χ0) is 21.0. The predicted molar refractivity (Wildman–Crippen MR) is 115 cm³/mol. The Kier molecular flexibility index (Phi) is 7.32. The summed E-state index contributed by atoms with van der Waals surface area (Å²) >= 11 is 0. The van der Waals surface area contributed by atoms with Crippen molar-refractivity contribution in [2.45, 2.75) is 57.0 Å². The van der Waals surface area contributed by atoms with E-state index in [2.05, 4.69) is 22.0 Å². The Bertz CT molecular complexity index is 779. The molecule has 0 unspecified atom stereocenters. The zero-order valence-corrected chi connectivity index (χ0v) is 18.6. The van der Waals surface area contributed by atoms with Gasteiger partial charge in [0.1, 0.15) is 0 Å². The van der Waals surface area contributed by atoms with Crippen LogP contribution in [-0.4, -0.2) is 79.8 Å². The largest absolute Gasteiger partial charge is 0.325 e. The van der Waals surface area contributed by atoms with E-state index in [1.807, 2.05) is 13.8 Å². The van der Waals surface area contributed by atoms with Gasteiger partial charge in [0.25, 0.3) is 0 Å². The van der Waals surface area contributed by atoms with Crippen LogP contribution in [0.1, 0.15) is 40.0 Å². The van der Waals surface area contributed by atoms with Gasteiger partial charge in [-0.25, -0.2) is 8.42 Å². The topological polar surface area (TPSA) is 73.0 Å². The highest BCUT2D eigenvalue weighted by molar-refractivity contribution is 7.89. The van der Waals surface area contributed by atoms with Gasteiger partial charge in [0.2, 0.25) is 15.9 Å². The maximum Gasteiger partial charge on any atom is 0.243 e. The molecule has 0 radical (unpaired) electrons. The number of likely N-dealkylation sites (N-methyl/N-ethyl adjacent to an activating group) is 1. The molecule has 2 atom stereocenters. The summed E-state index contributed by atoms with van der Waals surface area (Å²) in [6, 6.07) is 6.57. The monoisotopic (exact) mass is 422 g/mol. The summed E-state index contributed by atoms with van der Waals surface area (Å²) in [5.74, 6) is -0.0659. The molecule has 1 amide bonds. The molecule has 0 aromatic heterocycles. The summed E-state index contributed by atoms with van der Waals surface area (Å²) < 4.78 is 27.8. The highest BCUT2D eigenvalue weighted by Gasteiger charge is 2.35. The van der Waals surface area contributed by atoms with Crippen LogP contribution in [0.25, 0.3) is 0 Å². The van der Waals surface area contributed by atoms with Crippen LogP contribution >= 0.6 is 0 Å². The zero-order valence-electron chi connectivity index (χ0n) is 17.8. The number of carbonyl (C=O) groups excluding carboxylic acids is 1. The van der Waals surface area contributed by atoms with Crippen molar-refractivity contribution in [1.82, 2.24) is 14.1 Å². The van der Waals surface area contributed by atoms with Crippen LogP contribution in [0, 0.1) is 0 Å². The van der Waals surface area contributed by atoms with Crippen LogP contribution in [0.2, 0.25) is 0 Å². The van der Waals surface area contributed by atoms with Crippen molar-refractivity contribution in [2.75, 3.05) is 44.6 Å². The fourth-order valence-electron chi connectivity index (χ4n) is 4.37. The van der Waals surface area contributed by atoms with Gasteiger partial charge in [-0.05, 0) is 57.5 Å². The van der Waals surface area contributed by atoms with Crippen LogP contribution in [0.3, 0.4) is 0 Å². The lowest BCUT2D eigenvalue weighted by atomic mass is 10.0. The molecule has 8 heteroatoms. The minimum absolute atomic E-state index is 0.0105. The molecule has 0 saturated carbocycles. The number of sulfonamides is 1. The van der Waals surface area contributed by atoms with Crippen molar-refractivity contribution >= 4 is 21.6 Å². The van der Waals surface area contributed by atoms with Crippen molar-refractivity contribution in [1.29, 1.82) is 0 Å². The lowest BCUT2D eigenvalue weighted by Crippen LogP contribution is -2.48. The smallest absolute Gasteiger partial charge is 0.243 e. The number of hydrogen-bond acceptors (Lipinski definition) is 5. The maximum atomic E-state index is 13.1. The van der Waals surface area contributed by atoms with E-state index in [0.29, 0.717) is 12.2 Å². The predicted octanol–water partition coefficient (Wildman–Crippen LogP) is 2.21. The molecule has 162 valence electrons. The number of hydrogen-bond donors (Lipinski definition) is 1. The SMILES string of the molecule is CCN1CCN(CC(=O)Nc2ccc(S(=O)(=O)N3[C@H](C)CCC[C@@H]3C)cc2)CC1. The Balaban J connectivity index is 1.59. The van der Waals surface area contributed by atoms with Crippen molar-refractivity contribution in [3.8, 4) is 0 Å². The van der Waals surface area contributed by atoms with E-state index in [1.54, 1.807) is 28.6 Å². The van der Waals surface area contributed by atoms with Gasteiger partial charge in [0, 0.05) is 44.0 Å². The number of rotatable bonds is 6. The number of amides is 1. The second kappa shape index (κ2) is 9.55. The summed E-state index contributed by atoms with van der Waals surface area (Å²) in [7, 11) is -3.53. The van der Waals surface area contributed by atoms with Gasteiger partial charge < -0.3 is 10.2 Å². The maximum absolute atomic E-state index is 13.1. The minimum Gasteiger partial charge on any atom is -0.325 e. The van der Waals surface area contributed by atoms with Crippen molar-refractivity contribution < 1.29 is 13.2 Å². The molecule has 3 rings (SSSR count). The average Bonchev–Trinajstić information content (AvgIpc) is 2.68. The fourth-order valence-corrected chi connectivity index (χ4v) is 6.25.